The Bertz CT molecular complexity index is 732. The molecule has 0 amide bonds. The molecule has 2 rings (SSSR count). The summed E-state index contributed by atoms with van der Waals surface area (Å²) in [5.41, 5.74) is 0.712. The summed E-state index contributed by atoms with van der Waals surface area (Å²) in [5.74, 6) is -1.01. The third kappa shape index (κ3) is 3.87. The fourth-order valence-electron chi connectivity index (χ4n) is 2.38. The van der Waals surface area contributed by atoms with Crippen molar-refractivity contribution >= 4 is 5.97 Å². The molecule has 2 N–H and O–H groups in total. The molecule has 0 radical (unpaired) electrons. The molecule has 2 aromatic rings. The molecule has 4 nitrogen and oxygen atoms in total. The number of carboxylic acid groups (broad SMARTS) is 1. The molecule has 0 saturated heterocycles. The molecule has 0 bridgehead atoms. The van der Waals surface area contributed by atoms with Gasteiger partial charge >= 0.3 is 5.97 Å². The quantitative estimate of drug-likeness (QED) is 0.887. The van der Waals surface area contributed by atoms with Gasteiger partial charge in [-0.25, -0.2) is 4.39 Å². The van der Waals surface area contributed by atoms with Gasteiger partial charge in [0.05, 0.1) is 19.1 Å². The third-order valence-corrected chi connectivity index (χ3v) is 3.61. The molecule has 23 heavy (non-hydrogen) atoms. The summed E-state index contributed by atoms with van der Waals surface area (Å²) in [5, 5.41) is 18.9. The fourth-order valence-corrected chi connectivity index (χ4v) is 2.38. The van der Waals surface area contributed by atoms with Crippen molar-refractivity contribution < 1.29 is 24.1 Å². The Balaban J connectivity index is 2.48. The van der Waals surface area contributed by atoms with Gasteiger partial charge in [0, 0.05) is 11.1 Å². The van der Waals surface area contributed by atoms with Crippen molar-refractivity contribution in [3.63, 3.8) is 0 Å². The first-order chi connectivity index (χ1) is 10.7. The molecule has 0 aliphatic rings. The molecular weight excluding hydrogens is 299 g/mol. The molecule has 0 unspecified atom stereocenters. The zero-order valence-electron chi connectivity index (χ0n) is 13.3. The van der Waals surface area contributed by atoms with Crippen LogP contribution in [0.3, 0.4) is 0 Å². The van der Waals surface area contributed by atoms with Gasteiger partial charge in [0.2, 0.25) is 0 Å². The van der Waals surface area contributed by atoms with Gasteiger partial charge in [-0.15, -0.1) is 0 Å². The van der Waals surface area contributed by atoms with Crippen molar-refractivity contribution in [1.82, 2.24) is 0 Å². The zero-order valence-corrected chi connectivity index (χ0v) is 13.3. The largest absolute Gasteiger partial charge is 0.496 e. The van der Waals surface area contributed by atoms with E-state index in [2.05, 4.69) is 0 Å². The predicted molar refractivity (Wildman–Crippen MR) is 85.0 cm³/mol. The SMILES string of the molecule is COc1ccc(-c2ccc(C(C)(C)O)cc2F)cc1CC(=O)O. The lowest BCUT2D eigenvalue weighted by Crippen LogP contribution is -2.15. The molecule has 2 aromatic carbocycles. The summed E-state index contributed by atoms with van der Waals surface area (Å²) < 4.78 is 19.5. The maximum Gasteiger partial charge on any atom is 0.307 e. The van der Waals surface area contributed by atoms with E-state index in [0.717, 1.165) is 0 Å². The van der Waals surface area contributed by atoms with Crippen LogP contribution in [0.1, 0.15) is 25.0 Å². The van der Waals surface area contributed by atoms with Crippen LogP contribution in [0.15, 0.2) is 36.4 Å². The molecule has 122 valence electrons. The number of rotatable bonds is 5. The van der Waals surface area contributed by atoms with Crippen molar-refractivity contribution in [1.29, 1.82) is 0 Å². The summed E-state index contributed by atoms with van der Waals surface area (Å²) in [6, 6.07) is 9.42. The van der Waals surface area contributed by atoms with E-state index in [0.29, 0.717) is 28.0 Å². The number of aliphatic carboxylic acids is 1. The van der Waals surface area contributed by atoms with Crippen molar-refractivity contribution in [2.45, 2.75) is 25.9 Å². The maximum absolute atomic E-state index is 14.4. The van der Waals surface area contributed by atoms with Crippen LogP contribution in [0.5, 0.6) is 5.75 Å². The van der Waals surface area contributed by atoms with Crippen LogP contribution in [0.25, 0.3) is 11.1 Å². The summed E-state index contributed by atoms with van der Waals surface area (Å²) in [6.45, 7) is 3.17. The van der Waals surface area contributed by atoms with Crippen LogP contribution in [0.2, 0.25) is 0 Å². The molecule has 0 heterocycles. The fraction of sp³-hybridized carbons (Fsp3) is 0.278. The lowest BCUT2D eigenvalue weighted by Gasteiger charge is -2.18. The van der Waals surface area contributed by atoms with Crippen LogP contribution in [-0.2, 0) is 16.8 Å². The minimum absolute atomic E-state index is 0.208. The van der Waals surface area contributed by atoms with E-state index >= 15 is 0 Å². The van der Waals surface area contributed by atoms with Crippen LogP contribution in [-0.4, -0.2) is 23.3 Å². The maximum atomic E-state index is 14.4. The molecular formula is C18H19FO4. The molecule has 0 spiro atoms. The number of hydrogen-bond donors (Lipinski definition) is 2. The minimum atomic E-state index is -1.13. The Morgan fingerprint density at radius 2 is 1.91 bits per heavy atom. The van der Waals surface area contributed by atoms with E-state index in [9.17, 15) is 14.3 Å². The second-order valence-electron chi connectivity index (χ2n) is 5.85. The van der Waals surface area contributed by atoms with Crippen molar-refractivity contribution in [3.8, 4) is 16.9 Å². The van der Waals surface area contributed by atoms with E-state index in [-0.39, 0.29) is 6.42 Å². The van der Waals surface area contributed by atoms with Crippen LogP contribution < -0.4 is 4.74 Å². The van der Waals surface area contributed by atoms with Gasteiger partial charge < -0.3 is 14.9 Å². The van der Waals surface area contributed by atoms with Gasteiger partial charge in [-0.2, -0.15) is 0 Å². The Morgan fingerprint density at radius 3 is 2.43 bits per heavy atom. The topological polar surface area (TPSA) is 66.8 Å². The number of halogens is 1. The lowest BCUT2D eigenvalue weighted by molar-refractivity contribution is -0.136. The number of hydrogen-bond acceptors (Lipinski definition) is 3. The van der Waals surface area contributed by atoms with Gasteiger partial charge in [0.15, 0.2) is 0 Å². The van der Waals surface area contributed by atoms with Crippen molar-refractivity contribution in [2.24, 2.45) is 0 Å². The number of ether oxygens (including phenoxy) is 1. The van der Waals surface area contributed by atoms with Gasteiger partial charge in [0.1, 0.15) is 11.6 Å². The first kappa shape index (κ1) is 17.0. The van der Waals surface area contributed by atoms with E-state index < -0.39 is 17.4 Å². The molecule has 0 fully saturated rings. The van der Waals surface area contributed by atoms with Crippen LogP contribution in [0.4, 0.5) is 4.39 Å². The lowest BCUT2D eigenvalue weighted by atomic mass is 9.94. The Hall–Kier alpha value is -2.40. The molecule has 5 heteroatoms. The smallest absolute Gasteiger partial charge is 0.307 e. The van der Waals surface area contributed by atoms with Gasteiger partial charge in [-0.05, 0) is 43.2 Å². The Labute approximate surface area is 134 Å². The van der Waals surface area contributed by atoms with Crippen molar-refractivity contribution in [3.05, 3.63) is 53.3 Å². The number of methoxy groups -OCH3 is 1. The predicted octanol–water partition coefficient (Wildman–Crippen LogP) is 3.36. The standard InChI is InChI=1S/C18H19FO4/c1-18(2,22)13-5-6-14(15(19)10-13)11-4-7-16(23-3)12(8-11)9-17(20)21/h4-8,10,22H,9H2,1-3H3,(H,20,21). The second-order valence-corrected chi connectivity index (χ2v) is 5.85. The van der Waals surface area contributed by atoms with E-state index in [1.807, 2.05) is 0 Å². The van der Waals surface area contributed by atoms with E-state index in [4.69, 9.17) is 9.84 Å². The van der Waals surface area contributed by atoms with Crippen LogP contribution >= 0.6 is 0 Å². The summed E-state index contributed by atoms with van der Waals surface area (Å²) >= 11 is 0. The highest BCUT2D eigenvalue weighted by Crippen LogP contribution is 2.31. The first-order valence-corrected chi connectivity index (χ1v) is 7.14. The first-order valence-electron chi connectivity index (χ1n) is 7.14. The molecule has 0 aromatic heterocycles. The zero-order chi connectivity index (χ0) is 17.2. The molecule has 0 saturated carbocycles. The second kappa shape index (κ2) is 6.38. The van der Waals surface area contributed by atoms with Crippen LogP contribution in [0, 0.1) is 5.82 Å². The number of aliphatic hydroxyl groups is 1. The number of carbonyl (C=O) groups is 1. The molecule has 0 aliphatic carbocycles. The number of benzene rings is 2. The average molecular weight is 318 g/mol. The van der Waals surface area contributed by atoms with E-state index in [1.165, 1.54) is 13.2 Å². The van der Waals surface area contributed by atoms with Crippen molar-refractivity contribution in [2.75, 3.05) is 7.11 Å². The summed E-state index contributed by atoms with van der Waals surface area (Å²) in [4.78, 5) is 10.9. The summed E-state index contributed by atoms with van der Waals surface area (Å²) in [7, 11) is 1.46. The normalized spacial score (nSPS) is 11.3. The highest BCUT2D eigenvalue weighted by atomic mass is 19.1. The average Bonchev–Trinajstić information content (AvgIpc) is 2.45. The highest BCUT2D eigenvalue weighted by molar-refractivity contribution is 5.74. The Kier molecular flexibility index (Phi) is 4.71. The van der Waals surface area contributed by atoms with Gasteiger partial charge in [-0.3, -0.25) is 4.79 Å². The number of carboxylic acids is 1. The minimum Gasteiger partial charge on any atom is -0.496 e. The monoisotopic (exact) mass is 318 g/mol. The molecule has 0 atom stereocenters. The third-order valence-electron chi connectivity index (χ3n) is 3.61. The van der Waals surface area contributed by atoms with Gasteiger partial charge in [-0.1, -0.05) is 18.2 Å². The molecule has 0 aliphatic heterocycles. The highest BCUT2D eigenvalue weighted by Gasteiger charge is 2.18. The van der Waals surface area contributed by atoms with E-state index in [1.54, 1.807) is 44.2 Å². The summed E-state index contributed by atoms with van der Waals surface area (Å²) in [6.07, 6.45) is -0.208. The Morgan fingerprint density at radius 1 is 1.22 bits per heavy atom. The van der Waals surface area contributed by atoms with Gasteiger partial charge in [0.25, 0.3) is 0 Å².